The summed E-state index contributed by atoms with van der Waals surface area (Å²) < 4.78 is 7.05. The third kappa shape index (κ3) is 2.48. The molecule has 0 aliphatic rings. The molecule has 26 heavy (non-hydrogen) atoms. The zero-order valence-corrected chi connectivity index (χ0v) is 14.1. The quantitative estimate of drug-likeness (QED) is 0.530. The van der Waals surface area contributed by atoms with E-state index in [-0.39, 0.29) is 11.4 Å². The minimum absolute atomic E-state index is 0.189. The van der Waals surface area contributed by atoms with E-state index < -0.39 is 5.56 Å². The van der Waals surface area contributed by atoms with Gasteiger partial charge in [-0.05, 0) is 41.5 Å². The number of nitrogens with zero attached hydrogens (tertiary/aromatic N) is 1. The van der Waals surface area contributed by atoms with E-state index in [0.29, 0.717) is 11.0 Å². The first-order valence-corrected chi connectivity index (χ1v) is 8.05. The van der Waals surface area contributed by atoms with Gasteiger partial charge in [0.05, 0.1) is 12.6 Å². The number of pyridine rings is 1. The summed E-state index contributed by atoms with van der Waals surface area (Å²) in [5, 5.41) is 10.3. The first-order chi connectivity index (χ1) is 12.6. The van der Waals surface area contributed by atoms with Crippen molar-refractivity contribution in [2.75, 3.05) is 12.8 Å². The number of aromatic nitrogens is 2. The van der Waals surface area contributed by atoms with Gasteiger partial charge in [-0.15, -0.1) is 0 Å². The lowest BCUT2D eigenvalue weighted by Crippen LogP contribution is -2.11. The second kappa shape index (κ2) is 6.00. The van der Waals surface area contributed by atoms with E-state index in [0.717, 1.165) is 22.6 Å². The van der Waals surface area contributed by atoms with Crippen LogP contribution in [0, 0.1) is 0 Å². The third-order valence-electron chi connectivity index (χ3n) is 4.41. The van der Waals surface area contributed by atoms with Crippen LogP contribution in [0.2, 0.25) is 0 Å². The van der Waals surface area contributed by atoms with Gasteiger partial charge >= 0.3 is 0 Å². The van der Waals surface area contributed by atoms with Crippen LogP contribution in [0.5, 0.6) is 11.5 Å². The van der Waals surface area contributed by atoms with Gasteiger partial charge in [0.25, 0.3) is 5.56 Å². The highest BCUT2D eigenvalue weighted by Crippen LogP contribution is 2.31. The van der Waals surface area contributed by atoms with Crippen molar-refractivity contribution < 1.29 is 9.84 Å². The molecule has 0 unspecified atom stereocenters. The summed E-state index contributed by atoms with van der Waals surface area (Å²) in [6.07, 6.45) is 1.78. The van der Waals surface area contributed by atoms with E-state index in [1.165, 1.54) is 0 Å². The van der Waals surface area contributed by atoms with Crippen molar-refractivity contribution >= 4 is 16.7 Å². The highest BCUT2D eigenvalue weighted by Gasteiger charge is 2.14. The lowest BCUT2D eigenvalue weighted by atomic mass is 10.1. The van der Waals surface area contributed by atoms with Crippen molar-refractivity contribution in [1.82, 2.24) is 9.55 Å². The van der Waals surface area contributed by atoms with E-state index in [1.807, 2.05) is 48.5 Å². The average molecular weight is 347 g/mol. The number of benzene rings is 2. The maximum absolute atomic E-state index is 11.7. The zero-order chi connectivity index (χ0) is 18.3. The summed E-state index contributed by atoms with van der Waals surface area (Å²) in [6, 6.07) is 17.4. The molecule has 0 aliphatic heterocycles. The Morgan fingerprint density at radius 2 is 1.85 bits per heavy atom. The number of nitrogen functional groups attached to an aromatic ring is 1. The van der Waals surface area contributed by atoms with Crippen LogP contribution in [0.3, 0.4) is 0 Å². The van der Waals surface area contributed by atoms with Crippen molar-refractivity contribution in [3.05, 3.63) is 71.1 Å². The molecule has 4 N–H and O–H groups in total. The highest BCUT2D eigenvalue weighted by atomic mass is 16.5. The first-order valence-electron chi connectivity index (χ1n) is 8.05. The number of hydrogen-bond donors (Lipinski definition) is 3. The first kappa shape index (κ1) is 15.8. The number of nitrogens with two attached hydrogens (primary N) is 1. The third-order valence-corrected chi connectivity index (χ3v) is 4.41. The van der Waals surface area contributed by atoms with Crippen molar-refractivity contribution in [2.45, 2.75) is 0 Å². The number of rotatable bonds is 3. The molecule has 6 heteroatoms. The number of fused-ring (bicyclic) bond motifs is 1. The monoisotopic (exact) mass is 347 g/mol. The number of ether oxygens (including phenoxy) is 1. The van der Waals surface area contributed by atoms with Gasteiger partial charge in [-0.3, -0.25) is 4.79 Å². The molecular formula is C20H17N3O3. The van der Waals surface area contributed by atoms with Gasteiger partial charge in [0.1, 0.15) is 17.0 Å². The van der Waals surface area contributed by atoms with E-state index in [1.54, 1.807) is 23.9 Å². The smallest absolute Gasteiger partial charge is 0.275 e. The summed E-state index contributed by atoms with van der Waals surface area (Å²) in [4.78, 5) is 14.4. The molecule has 2 aromatic carbocycles. The number of hydrogen-bond acceptors (Lipinski definition) is 4. The molecule has 2 heterocycles. The van der Waals surface area contributed by atoms with Crippen LogP contribution in [0.1, 0.15) is 0 Å². The lowest BCUT2D eigenvalue weighted by molar-refractivity contribution is 0.415. The molecule has 6 nitrogen and oxygen atoms in total. The van der Waals surface area contributed by atoms with Gasteiger partial charge < -0.3 is 25.1 Å². The number of anilines is 1. The zero-order valence-electron chi connectivity index (χ0n) is 14.1. The summed E-state index contributed by atoms with van der Waals surface area (Å²) >= 11 is 0. The van der Waals surface area contributed by atoms with Gasteiger partial charge in [0, 0.05) is 11.9 Å². The fourth-order valence-corrected chi connectivity index (χ4v) is 3.03. The van der Waals surface area contributed by atoms with Crippen LogP contribution < -0.4 is 16.0 Å². The Labute approximate surface area is 149 Å². The summed E-state index contributed by atoms with van der Waals surface area (Å²) in [7, 11) is 1.64. The van der Waals surface area contributed by atoms with Crippen molar-refractivity contribution in [1.29, 1.82) is 0 Å². The van der Waals surface area contributed by atoms with Crippen molar-refractivity contribution in [2.24, 2.45) is 0 Å². The maximum atomic E-state index is 11.7. The highest BCUT2D eigenvalue weighted by molar-refractivity contribution is 5.88. The fraction of sp³-hybridized carbons (Fsp3) is 0.0500. The van der Waals surface area contributed by atoms with E-state index in [9.17, 15) is 9.90 Å². The van der Waals surface area contributed by atoms with Gasteiger partial charge in [0.15, 0.2) is 5.75 Å². The number of nitrogens with one attached hydrogen (secondary N) is 1. The summed E-state index contributed by atoms with van der Waals surface area (Å²) in [5.41, 5.74) is 8.90. The molecule has 2 aromatic heterocycles. The van der Waals surface area contributed by atoms with Crippen LogP contribution in [-0.2, 0) is 0 Å². The molecule has 4 aromatic rings. The summed E-state index contributed by atoms with van der Waals surface area (Å²) in [6.45, 7) is 0. The standard InChI is InChI=1S/C20H17N3O3/c1-26-15-4-2-3-13(11-15)12-5-7-14(8-6-12)23-10-9-16-18(23)19(24)17(21)20(25)22-16/h2-11H,21H2,1H3,(H2,22,24,25). The molecule has 0 aliphatic carbocycles. The minimum atomic E-state index is -0.499. The van der Waals surface area contributed by atoms with Crippen molar-refractivity contribution in [3.63, 3.8) is 0 Å². The molecule has 0 atom stereocenters. The van der Waals surface area contributed by atoms with Gasteiger partial charge in [-0.1, -0.05) is 24.3 Å². The predicted octanol–water partition coefficient (Wildman–Crippen LogP) is 3.28. The molecular weight excluding hydrogens is 330 g/mol. The fourth-order valence-electron chi connectivity index (χ4n) is 3.03. The second-order valence-corrected chi connectivity index (χ2v) is 5.94. The molecule has 0 spiro atoms. The Kier molecular flexibility index (Phi) is 3.65. The number of methoxy groups -OCH3 is 1. The predicted molar refractivity (Wildman–Crippen MR) is 102 cm³/mol. The van der Waals surface area contributed by atoms with Crippen LogP contribution in [0.15, 0.2) is 65.6 Å². The maximum Gasteiger partial charge on any atom is 0.275 e. The van der Waals surface area contributed by atoms with Crippen LogP contribution in [0.4, 0.5) is 5.69 Å². The van der Waals surface area contributed by atoms with Gasteiger partial charge in [-0.25, -0.2) is 0 Å². The number of aromatic hydroxyl groups is 1. The topological polar surface area (TPSA) is 93.3 Å². The molecule has 130 valence electrons. The van der Waals surface area contributed by atoms with Gasteiger partial charge in [0.2, 0.25) is 0 Å². The minimum Gasteiger partial charge on any atom is -0.504 e. The molecule has 4 rings (SSSR count). The Morgan fingerprint density at radius 3 is 2.58 bits per heavy atom. The van der Waals surface area contributed by atoms with E-state index >= 15 is 0 Å². The lowest BCUT2D eigenvalue weighted by Gasteiger charge is -2.10. The molecule has 0 fully saturated rings. The number of aromatic amines is 1. The van der Waals surface area contributed by atoms with Crippen LogP contribution in [0.25, 0.3) is 27.8 Å². The average Bonchev–Trinajstić information content (AvgIpc) is 3.10. The summed E-state index contributed by atoms with van der Waals surface area (Å²) in [5.74, 6) is 0.581. The molecule has 0 bridgehead atoms. The van der Waals surface area contributed by atoms with Crippen LogP contribution >= 0.6 is 0 Å². The molecule has 0 saturated heterocycles. The normalized spacial score (nSPS) is 11.0. The van der Waals surface area contributed by atoms with Crippen LogP contribution in [-0.4, -0.2) is 21.8 Å². The SMILES string of the molecule is COc1cccc(-c2ccc(-n3ccc4[nH]c(=O)c(N)c(O)c43)cc2)c1. The Balaban J connectivity index is 1.79. The molecule has 0 saturated carbocycles. The Bertz CT molecular complexity index is 1160. The second-order valence-electron chi connectivity index (χ2n) is 5.94. The van der Waals surface area contributed by atoms with E-state index in [4.69, 9.17) is 10.5 Å². The largest absolute Gasteiger partial charge is 0.504 e. The molecule has 0 radical (unpaired) electrons. The molecule has 0 amide bonds. The Morgan fingerprint density at radius 1 is 1.08 bits per heavy atom. The van der Waals surface area contributed by atoms with Gasteiger partial charge in [-0.2, -0.15) is 0 Å². The Hall–Kier alpha value is -3.67. The van der Waals surface area contributed by atoms with Crippen molar-refractivity contribution in [3.8, 4) is 28.3 Å². The van der Waals surface area contributed by atoms with E-state index in [2.05, 4.69) is 4.98 Å². The number of H-pyrrole nitrogens is 1.